The zero-order valence-electron chi connectivity index (χ0n) is 10.2. The van der Waals surface area contributed by atoms with E-state index in [2.05, 4.69) is 68.8 Å². The molecule has 0 atom stereocenters. The highest BCUT2D eigenvalue weighted by Gasteiger charge is 2.19. The van der Waals surface area contributed by atoms with Crippen LogP contribution in [0, 0.1) is 13.3 Å². The van der Waals surface area contributed by atoms with Gasteiger partial charge in [-0.3, -0.25) is 0 Å². The molecule has 0 aliphatic heterocycles. The lowest BCUT2D eigenvalue weighted by atomic mass is 9.97. The van der Waals surface area contributed by atoms with Gasteiger partial charge in [-0.15, -0.1) is 0 Å². The van der Waals surface area contributed by atoms with E-state index in [1.165, 1.54) is 33.4 Å². The molecule has 0 fully saturated rings. The number of benzene rings is 2. The van der Waals surface area contributed by atoms with Crippen molar-refractivity contribution in [1.82, 2.24) is 0 Å². The van der Waals surface area contributed by atoms with Gasteiger partial charge in [0.15, 0.2) is 0 Å². The standard InChI is InChI=1S/C17H15/c1-12-8-9-16-15(10-12)11-13(2)17(16)14-6-4-3-5-7-14/h3-11H,1-2H3. The molecular formula is C17H15. The Kier molecular flexibility index (Phi) is 2.36. The van der Waals surface area contributed by atoms with Crippen molar-refractivity contribution in [2.24, 2.45) is 0 Å². The molecule has 83 valence electrons. The van der Waals surface area contributed by atoms with Crippen molar-refractivity contribution in [3.05, 3.63) is 82.8 Å². The Morgan fingerprint density at radius 1 is 0.824 bits per heavy atom. The molecule has 0 spiro atoms. The predicted octanol–water partition coefficient (Wildman–Crippen LogP) is 4.38. The summed E-state index contributed by atoms with van der Waals surface area (Å²) in [6.45, 7) is 4.33. The number of hydrogen-bond donors (Lipinski definition) is 0. The average molecular weight is 219 g/mol. The Balaban J connectivity index is 2.17. The first-order chi connectivity index (χ1) is 8.25. The van der Waals surface area contributed by atoms with E-state index in [1.54, 1.807) is 0 Å². The number of aryl methyl sites for hydroxylation is 1. The first-order valence-electron chi connectivity index (χ1n) is 5.98. The largest absolute Gasteiger partial charge is 0.0622 e. The zero-order valence-corrected chi connectivity index (χ0v) is 10.2. The molecule has 0 unspecified atom stereocenters. The molecule has 3 rings (SSSR count). The van der Waals surface area contributed by atoms with E-state index in [4.69, 9.17) is 0 Å². The van der Waals surface area contributed by atoms with Gasteiger partial charge < -0.3 is 0 Å². The van der Waals surface area contributed by atoms with Crippen molar-refractivity contribution in [2.75, 3.05) is 0 Å². The lowest BCUT2D eigenvalue weighted by molar-refractivity contribution is 1.39. The van der Waals surface area contributed by atoms with Gasteiger partial charge in [0.25, 0.3) is 0 Å². The van der Waals surface area contributed by atoms with Crippen LogP contribution in [-0.2, 0) is 0 Å². The fourth-order valence-electron chi connectivity index (χ4n) is 2.54. The normalized spacial score (nSPS) is 14.0. The third-order valence-corrected chi connectivity index (χ3v) is 3.31. The monoisotopic (exact) mass is 219 g/mol. The highest BCUT2D eigenvalue weighted by atomic mass is 14.2. The number of hydrogen-bond acceptors (Lipinski definition) is 0. The number of rotatable bonds is 1. The van der Waals surface area contributed by atoms with Gasteiger partial charge in [0, 0.05) is 6.42 Å². The Hall–Kier alpha value is -1.82. The molecule has 1 aliphatic carbocycles. The Morgan fingerprint density at radius 2 is 1.59 bits per heavy atom. The molecule has 2 aromatic carbocycles. The van der Waals surface area contributed by atoms with E-state index in [-0.39, 0.29) is 0 Å². The molecule has 2 aromatic rings. The van der Waals surface area contributed by atoms with Crippen LogP contribution in [0.5, 0.6) is 0 Å². The minimum absolute atomic E-state index is 1.31. The molecule has 0 aromatic heterocycles. The smallest absolute Gasteiger partial charge is 0.0168 e. The van der Waals surface area contributed by atoms with Crippen LogP contribution in [0.4, 0.5) is 0 Å². The topological polar surface area (TPSA) is 0 Å². The van der Waals surface area contributed by atoms with Crippen LogP contribution in [0.1, 0.15) is 29.2 Å². The zero-order chi connectivity index (χ0) is 11.8. The van der Waals surface area contributed by atoms with Gasteiger partial charge in [-0.25, -0.2) is 0 Å². The second-order valence-electron chi connectivity index (χ2n) is 4.66. The predicted molar refractivity (Wildman–Crippen MR) is 72.7 cm³/mol. The van der Waals surface area contributed by atoms with E-state index in [0.717, 1.165) is 0 Å². The second kappa shape index (κ2) is 3.89. The Morgan fingerprint density at radius 3 is 2.35 bits per heavy atom. The van der Waals surface area contributed by atoms with E-state index >= 15 is 0 Å². The van der Waals surface area contributed by atoms with Gasteiger partial charge in [0.2, 0.25) is 0 Å². The molecule has 0 amide bonds. The summed E-state index contributed by atoms with van der Waals surface area (Å²) in [5.74, 6) is 0. The SMILES string of the molecule is CC1=C(c2ccccc2)c2ccc(C)cc2[CH]1. The summed E-state index contributed by atoms with van der Waals surface area (Å²) in [7, 11) is 0. The van der Waals surface area contributed by atoms with Gasteiger partial charge in [0.1, 0.15) is 0 Å². The van der Waals surface area contributed by atoms with Crippen LogP contribution in [0.25, 0.3) is 5.57 Å². The molecule has 0 heterocycles. The molecule has 0 N–H and O–H groups in total. The van der Waals surface area contributed by atoms with Crippen molar-refractivity contribution in [3.63, 3.8) is 0 Å². The lowest BCUT2D eigenvalue weighted by Crippen LogP contribution is -1.87. The Bertz CT molecular complexity index is 589. The number of allylic oxidation sites excluding steroid dienone is 1. The summed E-state index contributed by atoms with van der Waals surface area (Å²) in [6, 6.07) is 17.3. The highest BCUT2D eigenvalue weighted by Crippen LogP contribution is 2.38. The van der Waals surface area contributed by atoms with Gasteiger partial charge in [-0.1, -0.05) is 59.7 Å². The first kappa shape index (κ1) is 10.3. The second-order valence-corrected chi connectivity index (χ2v) is 4.66. The molecule has 17 heavy (non-hydrogen) atoms. The lowest BCUT2D eigenvalue weighted by Gasteiger charge is -2.07. The van der Waals surface area contributed by atoms with Crippen LogP contribution in [0.2, 0.25) is 0 Å². The minimum atomic E-state index is 1.31. The maximum atomic E-state index is 2.28. The van der Waals surface area contributed by atoms with Crippen LogP contribution in [-0.4, -0.2) is 0 Å². The quantitative estimate of drug-likeness (QED) is 0.667. The van der Waals surface area contributed by atoms with E-state index in [1.807, 2.05) is 0 Å². The molecular weight excluding hydrogens is 204 g/mol. The summed E-state index contributed by atoms with van der Waals surface area (Å²) in [5, 5.41) is 0. The average Bonchev–Trinajstić information content (AvgIpc) is 2.65. The third kappa shape index (κ3) is 1.70. The van der Waals surface area contributed by atoms with Crippen molar-refractivity contribution < 1.29 is 0 Å². The molecule has 1 aliphatic rings. The van der Waals surface area contributed by atoms with Gasteiger partial charge >= 0.3 is 0 Å². The van der Waals surface area contributed by atoms with Crippen LogP contribution in [0.15, 0.2) is 54.1 Å². The summed E-state index contributed by atoms with van der Waals surface area (Å²) in [4.78, 5) is 0. The van der Waals surface area contributed by atoms with E-state index in [0.29, 0.717) is 0 Å². The van der Waals surface area contributed by atoms with Gasteiger partial charge in [-0.05, 0) is 36.1 Å². The van der Waals surface area contributed by atoms with Gasteiger partial charge in [0.05, 0.1) is 0 Å². The van der Waals surface area contributed by atoms with Crippen molar-refractivity contribution in [3.8, 4) is 0 Å². The molecule has 1 radical (unpaired) electrons. The fraction of sp³-hybridized carbons (Fsp3) is 0.118. The van der Waals surface area contributed by atoms with E-state index < -0.39 is 0 Å². The minimum Gasteiger partial charge on any atom is -0.0622 e. The molecule has 0 bridgehead atoms. The fourth-order valence-corrected chi connectivity index (χ4v) is 2.54. The molecule has 0 saturated carbocycles. The summed E-state index contributed by atoms with van der Waals surface area (Å²) < 4.78 is 0. The summed E-state index contributed by atoms with van der Waals surface area (Å²) in [5.41, 5.74) is 8.07. The highest BCUT2D eigenvalue weighted by molar-refractivity contribution is 5.89. The number of fused-ring (bicyclic) bond motifs is 1. The summed E-state index contributed by atoms with van der Waals surface area (Å²) >= 11 is 0. The van der Waals surface area contributed by atoms with Crippen LogP contribution >= 0.6 is 0 Å². The van der Waals surface area contributed by atoms with Crippen molar-refractivity contribution in [1.29, 1.82) is 0 Å². The third-order valence-electron chi connectivity index (χ3n) is 3.31. The van der Waals surface area contributed by atoms with Crippen molar-refractivity contribution in [2.45, 2.75) is 13.8 Å². The molecule has 0 saturated heterocycles. The Labute approximate surface area is 103 Å². The maximum Gasteiger partial charge on any atom is 0.0168 e. The molecule has 0 nitrogen and oxygen atoms in total. The van der Waals surface area contributed by atoms with Gasteiger partial charge in [-0.2, -0.15) is 0 Å². The maximum absolute atomic E-state index is 2.28. The van der Waals surface area contributed by atoms with Crippen LogP contribution in [0.3, 0.4) is 0 Å². The van der Waals surface area contributed by atoms with E-state index in [9.17, 15) is 0 Å². The van der Waals surface area contributed by atoms with Crippen LogP contribution < -0.4 is 0 Å². The first-order valence-corrected chi connectivity index (χ1v) is 5.98. The summed E-state index contributed by atoms with van der Waals surface area (Å²) in [6.07, 6.45) is 2.28. The van der Waals surface area contributed by atoms with Crippen molar-refractivity contribution >= 4 is 5.57 Å². The molecule has 0 heteroatoms.